The second-order valence-electron chi connectivity index (χ2n) is 7.26. The van der Waals surface area contributed by atoms with Gasteiger partial charge in [-0.05, 0) is 44.1 Å². The minimum absolute atomic E-state index is 0.00103. The number of ether oxygens (including phenoxy) is 1. The molecule has 2 amide bonds. The largest absolute Gasteiger partial charge is 0.497 e. The molecule has 1 aromatic rings. The average molecular weight is 359 g/mol. The Labute approximate surface area is 155 Å². The summed E-state index contributed by atoms with van der Waals surface area (Å²) >= 11 is 0. The van der Waals surface area contributed by atoms with Crippen molar-refractivity contribution in [1.29, 1.82) is 0 Å². The van der Waals surface area contributed by atoms with Gasteiger partial charge in [-0.15, -0.1) is 0 Å². The molecule has 0 bridgehead atoms. The molecule has 2 aliphatic rings. The van der Waals surface area contributed by atoms with Crippen LogP contribution in [0.5, 0.6) is 5.75 Å². The van der Waals surface area contributed by atoms with Crippen molar-refractivity contribution in [3.8, 4) is 5.75 Å². The Bertz CT molecular complexity index is 635. The second-order valence-corrected chi connectivity index (χ2v) is 7.26. The summed E-state index contributed by atoms with van der Waals surface area (Å²) in [4.78, 5) is 31.5. The van der Waals surface area contributed by atoms with E-state index in [1.807, 2.05) is 28.9 Å². The molecule has 142 valence electrons. The molecular weight excluding hydrogens is 330 g/mol. The van der Waals surface area contributed by atoms with Crippen molar-refractivity contribution in [3.05, 3.63) is 29.8 Å². The average Bonchev–Trinajstić information content (AvgIpc) is 3.20. The van der Waals surface area contributed by atoms with E-state index < -0.39 is 0 Å². The van der Waals surface area contributed by atoms with Crippen molar-refractivity contribution in [2.24, 2.45) is 5.92 Å². The highest BCUT2D eigenvalue weighted by atomic mass is 16.5. The van der Waals surface area contributed by atoms with Gasteiger partial charge in [-0.2, -0.15) is 0 Å². The summed E-state index contributed by atoms with van der Waals surface area (Å²) in [5, 5.41) is 0. The van der Waals surface area contributed by atoms with Gasteiger partial charge in [0.05, 0.1) is 7.11 Å². The second kappa shape index (κ2) is 8.54. The number of likely N-dealkylation sites (tertiary alicyclic amines) is 1. The first-order valence-electron chi connectivity index (χ1n) is 9.53. The van der Waals surface area contributed by atoms with Gasteiger partial charge in [0, 0.05) is 44.2 Å². The number of benzene rings is 1. The Hall–Kier alpha value is -2.08. The van der Waals surface area contributed by atoms with Crippen LogP contribution in [0.2, 0.25) is 0 Å². The lowest BCUT2D eigenvalue weighted by atomic mass is 10.1. The monoisotopic (exact) mass is 359 g/mol. The maximum Gasteiger partial charge on any atom is 0.254 e. The molecule has 0 aliphatic carbocycles. The molecule has 0 N–H and O–H groups in total. The molecule has 26 heavy (non-hydrogen) atoms. The molecule has 2 heterocycles. The van der Waals surface area contributed by atoms with Gasteiger partial charge in [-0.3, -0.25) is 9.59 Å². The standard InChI is InChI=1S/C20H29N3O3/c1-16(15-21-8-3-4-9-21)19(24)22-10-12-23(13-11-22)20(25)17-6-5-7-18(14-17)26-2/h5-7,14,16H,3-4,8-13,15H2,1-2H3/t16-/m0/s1. The van der Waals surface area contributed by atoms with Gasteiger partial charge < -0.3 is 19.4 Å². The van der Waals surface area contributed by atoms with Gasteiger partial charge in [0.1, 0.15) is 5.75 Å². The van der Waals surface area contributed by atoms with Crippen molar-refractivity contribution in [3.63, 3.8) is 0 Å². The molecule has 6 nitrogen and oxygen atoms in total. The number of carbonyl (C=O) groups is 2. The first kappa shape index (κ1) is 18.7. The zero-order valence-electron chi connectivity index (χ0n) is 15.8. The summed E-state index contributed by atoms with van der Waals surface area (Å²) < 4.78 is 5.19. The van der Waals surface area contributed by atoms with E-state index in [9.17, 15) is 9.59 Å². The van der Waals surface area contributed by atoms with Crippen LogP contribution in [0.3, 0.4) is 0 Å². The number of hydrogen-bond donors (Lipinski definition) is 0. The van der Waals surface area contributed by atoms with Gasteiger partial charge in [0.25, 0.3) is 5.91 Å². The SMILES string of the molecule is COc1cccc(C(=O)N2CCN(C(=O)[C@@H](C)CN3CCCC3)CC2)c1. The number of piperazine rings is 1. The third-order valence-corrected chi connectivity index (χ3v) is 5.35. The fourth-order valence-corrected chi connectivity index (χ4v) is 3.81. The minimum Gasteiger partial charge on any atom is -0.497 e. The Morgan fingerprint density at radius 2 is 1.69 bits per heavy atom. The van der Waals surface area contributed by atoms with E-state index >= 15 is 0 Å². The molecule has 0 spiro atoms. The van der Waals surface area contributed by atoms with Crippen LogP contribution < -0.4 is 4.74 Å². The van der Waals surface area contributed by atoms with E-state index in [2.05, 4.69) is 4.90 Å². The molecule has 1 atom stereocenters. The highest BCUT2D eigenvalue weighted by Crippen LogP contribution is 2.17. The summed E-state index contributed by atoms with van der Waals surface area (Å²) in [5.41, 5.74) is 0.631. The number of nitrogens with zero attached hydrogens (tertiary/aromatic N) is 3. The zero-order chi connectivity index (χ0) is 18.5. The van der Waals surface area contributed by atoms with E-state index in [-0.39, 0.29) is 17.7 Å². The molecule has 0 unspecified atom stereocenters. The Morgan fingerprint density at radius 3 is 2.35 bits per heavy atom. The number of rotatable bonds is 5. The molecule has 0 saturated carbocycles. The van der Waals surface area contributed by atoms with Gasteiger partial charge in [-0.25, -0.2) is 0 Å². The third-order valence-electron chi connectivity index (χ3n) is 5.35. The topological polar surface area (TPSA) is 53.1 Å². The van der Waals surface area contributed by atoms with Gasteiger partial charge >= 0.3 is 0 Å². The van der Waals surface area contributed by atoms with Crippen molar-refractivity contribution < 1.29 is 14.3 Å². The van der Waals surface area contributed by atoms with Crippen molar-refractivity contribution in [2.45, 2.75) is 19.8 Å². The van der Waals surface area contributed by atoms with Crippen LogP contribution in [0.1, 0.15) is 30.1 Å². The first-order chi connectivity index (χ1) is 12.6. The lowest BCUT2D eigenvalue weighted by Gasteiger charge is -2.36. The minimum atomic E-state index is 0.00103. The molecule has 0 radical (unpaired) electrons. The highest BCUT2D eigenvalue weighted by Gasteiger charge is 2.28. The van der Waals surface area contributed by atoms with E-state index in [1.54, 1.807) is 19.2 Å². The number of hydrogen-bond acceptors (Lipinski definition) is 4. The Morgan fingerprint density at radius 1 is 1.04 bits per heavy atom. The lowest BCUT2D eigenvalue weighted by molar-refractivity contribution is -0.137. The van der Waals surface area contributed by atoms with Gasteiger partial charge in [0.15, 0.2) is 0 Å². The highest BCUT2D eigenvalue weighted by molar-refractivity contribution is 5.94. The van der Waals surface area contributed by atoms with Crippen LogP contribution in [-0.2, 0) is 4.79 Å². The summed E-state index contributed by atoms with van der Waals surface area (Å²) in [6.07, 6.45) is 2.48. The van der Waals surface area contributed by atoms with Crippen LogP contribution in [0.15, 0.2) is 24.3 Å². The molecule has 1 aromatic carbocycles. The van der Waals surface area contributed by atoms with Crippen LogP contribution in [-0.4, -0.2) is 79.4 Å². The number of carbonyl (C=O) groups excluding carboxylic acids is 2. The van der Waals surface area contributed by atoms with Crippen molar-refractivity contribution >= 4 is 11.8 Å². The smallest absolute Gasteiger partial charge is 0.254 e. The molecule has 2 saturated heterocycles. The number of amides is 2. The quantitative estimate of drug-likeness (QED) is 0.803. The first-order valence-corrected chi connectivity index (χ1v) is 9.53. The van der Waals surface area contributed by atoms with E-state index in [0.29, 0.717) is 37.5 Å². The van der Waals surface area contributed by atoms with E-state index in [1.165, 1.54) is 12.8 Å². The summed E-state index contributed by atoms with van der Waals surface area (Å²) in [7, 11) is 1.59. The zero-order valence-corrected chi connectivity index (χ0v) is 15.8. The lowest BCUT2D eigenvalue weighted by Crippen LogP contribution is -2.52. The van der Waals surface area contributed by atoms with Gasteiger partial charge in [-0.1, -0.05) is 13.0 Å². The molecule has 0 aromatic heterocycles. The summed E-state index contributed by atoms with van der Waals surface area (Å²) in [5.74, 6) is 0.917. The normalized spacial score (nSPS) is 19.5. The van der Waals surface area contributed by atoms with Crippen molar-refractivity contribution in [2.75, 3.05) is 52.9 Å². The molecular formula is C20H29N3O3. The fraction of sp³-hybridized carbons (Fsp3) is 0.600. The predicted octanol–water partition coefficient (Wildman–Crippen LogP) is 1.71. The van der Waals surface area contributed by atoms with Gasteiger partial charge in [0.2, 0.25) is 5.91 Å². The van der Waals surface area contributed by atoms with E-state index in [4.69, 9.17) is 4.74 Å². The number of methoxy groups -OCH3 is 1. The third kappa shape index (κ3) is 4.36. The van der Waals surface area contributed by atoms with Crippen LogP contribution in [0.4, 0.5) is 0 Å². The van der Waals surface area contributed by atoms with E-state index in [0.717, 1.165) is 19.6 Å². The van der Waals surface area contributed by atoms with Crippen LogP contribution >= 0.6 is 0 Å². The maximum absolute atomic E-state index is 12.7. The molecule has 2 aliphatic heterocycles. The molecule has 3 rings (SSSR count). The maximum atomic E-state index is 12.7. The summed E-state index contributed by atoms with van der Waals surface area (Å²) in [6, 6.07) is 7.22. The predicted molar refractivity (Wildman–Crippen MR) is 100 cm³/mol. The molecule has 6 heteroatoms. The summed E-state index contributed by atoms with van der Waals surface area (Å²) in [6.45, 7) is 7.48. The molecule has 2 fully saturated rings. The Kier molecular flexibility index (Phi) is 6.14. The van der Waals surface area contributed by atoms with Crippen LogP contribution in [0.25, 0.3) is 0 Å². The fourth-order valence-electron chi connectivity index (χ4n) is 3.81. The van der Waals surface area contributed by atoms with Crippen LogP contribution in [0, 0.1) is 5.92 Å². The Balaban J connectivity index is 1.51. The van der Waals surface area contributed by atoms with Crippen molar-refractivity contribution in [1.82, 2.24) is 14.7 Å².